The summed E-state index contributed by atoms with van der Waals surface area (Å²) in [6.45, 7) is 1.97. The molecule has 1 saturated carbocycles. The number of hydrogen-bond acceptors (Lipinski definition) is 3. The first-order chi connectivity index (χ1) is 11.9. The molecule has 120 valence electrons. The summed E-state index contributed by atoms with van der Waals surface area (Å²) in [5.41, 5.74) is 4.14. The summed E-state index contributed by atoms with van der Waals surface area (Å²) in [4.78, 5) is 7.21. The van der Waals surface area contributed by atoms with Crippen LogP contribution in [0.3, 0.4) is 0 Å². The van der Waals surface area contributed by atoms with E-state index in [1.807, 2.05) is 6.20 Å². The summed E-state index contributed by atoms with van der Waals surface area (Å²) in [5, 5.41) is 6.23. The second-order valence-corrected chi connectivity index (χ2v) is 6.90. The van der Waals surface area contributed by atoms with E-state index in [1.165, 1.54) is 40.4 Å². The van der Waals surface area contributed by atoms with Gasteiger partial charge in [-0.2, -0.15) is 0 Å². The minimum absolute atomic E-state index is 0.644. The number of nitrogens with one attached hydrogen (secondary N) is 1. The molecule has 1 fully saturated rings. The molecule has 2 aliphatic rings. The number of rotatable bonds is 3. The van der Waals surface area contributed by atoms with Gasteiger partial charge in [-0.15, -0.1) is 0 Å². The van der Waals surface area contributed by atoms with Gasteiger partial charge in [-0.3, -0.25) is 0 Å². The van der Waals surface area contributed by atoms with Crippen LogP contribution in [0.15, 0.2) is 54.7 Å². The van der Waals surface area contributed by atoms with E-state index in [0.29, 0.717) is 6.04 Å². The van der Waals surface area contributed by atoms with Crippen molar-refractivity contribution in [2.45, 2.75) is 31.8 Å². The first-order valence-corrected chi connectivity index (χ1v) is 8.84. The maximum atomic E-state index is 4.78. The highest BCUT2D eigenvalue weighted by Gasteiger charge is 2.24. The number of fused-ring (bicyclic) bond motifs is 2. The van der Waals surface area contributed by atoms with Crippen LogP contribution < -0.4 is 10.2 Å². The van der Waals surface area contributed by atoms with Gasteiger partial charge in [-0.1, -0.05) is 36.4 Å². The average molecular weight is 315 g/mol. The fraction of sp³-hybridized carbons (Fsp3) is 0.286. The highest BCUT2D eigenvalue weighted by molar-refractivity contribution is 6.02. The van der Waals surface area contributed by atoms with Gasteiger partial charge in [0.1, 0.15) is 5.82 Å². The van der Waals surface area contributed by atoms with Gasteiger partial charge in [0.05, 0.1) is 0 Å². The van der Waals surface area contributed by atoms with Crippen LogP contribution in [0, 0.1) is 0 Å². The lowest BCUT2D eigenvalue weighted by atomic mass is 9.99. The van der Waals surface area contributed by atoms with Gasteiger partial charge in [0.2, 0.25) is 0 Å². The van der Waals surface area contributed by atoms with Crippen molar-refractivity contribution in [2.24, 2.45) is 0 Å². The van der Waals surface area contributed by atoms with Crippen LogP contribution in [-0.2, 0) is 13.0 Å². The van der Waals surface area contributed by atoms with E-state index in [-0.39, 0.29) is 0 Å². The van der Waals surface area contributed by atoms with Crippen LogP contribution in [0.25, 0.3) is 10.8 Å². The maximum absolute atomic E-state index is 4.78. The summed E-state index contributed by atoms with van der Waals surface area (Å²) in [7, 11) is 0. The van der Waals surface area contributed by atoms with Gasteiger partial charge >= 0.3 is 0 Å². The number of pyridine rings is 1. The Labute approximate surface area is 142 Å². The molecule has 0 radical (unpaired) electrons. The molecule has 0 atom stereocenters. The van der Waals surface area contributed by atoms with Crippen molar-refractivity contribution in [3.05, 3.63) is 65.9 Å². The summed E-state index contributed by atoms with van der Waals surface area (Å²) in [6.07, 6.45) is 5.59. The second kappa shape index (κ2) is 5.52. The molecule has 0 unspecified atom stereocenters. The molecular weight excluding hydrogens is 294 g/mol. The zero-order valence-corrected chi connectivity index (χ0v) is 13.7. The third-order valence-electron chi connectivity index (χ3n) is 5.14. The van der Waals surface area contributed by atoms with Crippen molar-refractivity contribution in [3.8, 4) is 0 Å². The molecule has 2 aromatic carbocycles. The van der Waals surface area contributed by atoms with Crippen LogP contribution in [0.4, 0.5) is 11.5 Å². The van der Waals surface area contributed by atoms with Crippen LogP contribution in [0.2, 0.25) is 0 Å². The molecule has 1 aliphatic heterocycles. The predicted octanol–water partition coefficient (Wildman–Crippen LogP) is 4.37. The normalized spacial score (nSPS) is 16.9. The number of anilines is 2. The van der Waals surface area contributed by atoms with E-state index in [1.54, 1.807) is 0 Å². The number of hydrogen-bond donors (Lipinski definition) is 1. The van der Waals surface area contributed by atoms with Gasteiger partial charge in [0.25, 0.3) is 0 Å². The molecule has 5 rings (SSSR count). The van der Waals surface area contributed by atoms with Crippen molar-refractivity contribution in [1.82, 2.24) is 4.98 Å². The van der Waals surface area contributed by atoms with Gasteiger partial charge < -0.3 is 10.2 Å². The third-order valence-corrected chi connectivity index (χ3v) is 5.14. The topological polar surface area (TPSA) is 28.2 Å². The zero-order chi connectivity index (χ0) is 15.9. The summed E-state index contributed by atoms with van der Waals surface area (Å²) >= 11 is 0. The third kappa shape index (κ3) is 2.41. The summed E-state index contributed by atoms with van der Waals surface area (Å²) < 4.78 is 0. The van der Waals surface area contributed by atoms with Gasteiger partial charge in [-0.05, 0) is 47.9 Å². The Hall–Kier alpha value is -2.55. The van der Waals surface area contributed by atoms with Crippen molar-refractivity contribution in [1.29, 1.82) is 0 Å². The van der Waals surface area contributed by atoms with Crippen LogP contribution in [0.5, 0.6) is 0 Å². The molecule has 0 bridgehead atoms. The molecular formula is C21H21N3. The average Bonchev–Trinajstić information content (AvgIpc) is 3.45. The lowest BCUT2D eigenvalue weighted by molar-refractivity contribution is 0.724. The minimum atomic E-state index is 0.644. The van der Waals surface area contributed by atoms with Gasteiger partial charge in [0, 0.05) is 36.4 Å². The molecule has 0 saturated heterocycles. The van der Waals surface area contributed by atoms with E-state index in [2.05, 4.69) is 58.7 Å². The standard InChI is InChI=1S/C21H21N3/c1-2-5-17-14-24(13-11-15(17)4-1)21-20-16(10-12-22-21)6-3-7-19(20)23-18-8-9-18/h1-7,10,12,18,23H,8-9,11,13-14H2. The number of nitrogens with zero attached hydrogens (tertiary/aromatic N) is 2. The minimum Gasteiger partial charge on any atom is -0.382 e. The molecule has 0 spiro atoms. The second-order valence-electron chi connectivity index (χ2n) is 6.90. The largest absolute Gasteiger partial charge is 0.382 e. The van der Waals surface area contributed by atoms with Crippen molar-refractivity contribution in [2.75, 3.05) is 16.8 Å². The molecule has 1 aliphatic carbocycles. The Balaban J connectivity index is 1.59. The van der Waals surface area contributed by atoms with Gasteiger partial charge in [0.15, 0.2) is 0 Å². The van der Waals surface area contributed by atoms with Crippen LogP contribution >= 0.6 is 0 Å². The molecule has 3 nitrogen and oxygen atoms in total. The number of aromatic nitrogens is 1. The lowest BCUT2D eigenvalue weighted by Crippen LogP contribution is -2.31. The SMILES string of the molecule is c1ccc2c(c1)CCN(c1nccc3cccc(NC4CC4)c13)C2. The van der Waals surface area contributed by atoms with Crippen LogP contribution in [0.1, 0.15) is 24.0 Å². The van der Waals surface area contributed by atoms with Crippen molar-refractivity contribution < 1.29 is 0 Å². The van der Waals surface area contributed by atoms with Gasteiger partial charge in [-0.25, -0.2) is 4.98 Å². The molecule has 3 aromatic rings. The first-order valence-electron chi connectivity index (χ1n) is 8.84. The monoisotopic (exact) mass is 315 g/mol. The molecule has 2 heterocycles. The highest BCUT2D eigenvalue weighted by atomic mass is 15.2. The number of benzene rings is 2. The predicted molar refractivity (Wildman–Crippen MR) is 99.6 cm³/mol. The quantitative estimate of drug-likeness (QED) is 0.778. The van der Waals surface area contributed by atoms with E-state index in [0.717, 1.165) is 25.3 Å². The first kappa shape index (κ1) is 13.8. The lowest BCUT2D eigenvalue weighted by Gasteiger charge is -2.31. The molecule has 3 heteroatoms. The Kier molecular flexibility index (Phi) is 3.18. The van der Waals surface area contributed by atoms with E-state index in [9.17, 15) is 0 Å². The summed E-state index contributed by atoms with van der Waals surface area (Å²) in [5.74, 6) is 1.12. The Morgan fingerprint density at radius 3 is 2.71 bits per heavy atom. The molecule has 1 N–H and O–H groups in total. The zero-order valence-electron chi connectivity index (χ0n) is 13.7. The van der Waals surface area contributed by atoms with E-state index < -0.39 is 0 Å². The molecule has 1 aromatic heterocycles. The smallest absolute Gasteiger partial charge is 0.138 e. The fourth-order valence-corrected chi connectivity index (χ4v) is 3.70. The molecule has 24 heavy (non-hydrogen) atoms. The fourth-order valence-electron chi connectivity index (χ4n) is 3.70. The highest BCUT2D eigenvalue weighted by Crippen LogP contribution is 2.36. The van der Waals surface area contributed by atoms with Crippen molar-refractivity contribution in [3.63, 3.8) is 0 Å². The maximum Gasteiger partial charge on any atom is 0.138 e. The Morgan fingerprint density at radius 2 is 1.83 bits per heavy atom. The Morgan fingerprint density at radius 1 is 0.958 bits per heavy atom. The molecule has 0 amide bonds. The Bertz CT molecular complexity index is 893. The van der Waals surface area contributed by atoms with E-state index >= 15 is 0 Å². The van der Waals surface area contributed by atoms with E-state index in [4.69, 9.17) is 4.98 Å². The van der Waals surface area contributed by atoms with Crippen molar-refractivity contribution >= 4 is 22.3 Å². The van der Waals surface area contributed by atoms with Crippen LogP contribution in [-0.4, -0.2) is 17.6 Å². The summed E-state index contributed by atoms with van der Waals surface area (Å²) in [6, 6.07) is 18.1.